The van der Waals surface area contributed by atoms with Crippen LogP contribution in [-0.2, 0) is 43.7 Å². The molecule has 2 atom stereocenters. The summed E-state index contributed by atoms with van der Waals surface area (Å²) in [5.41, 5.74) is 2.67. The van der Waals surface area contributed by atoms with Crippen LogP contribution >= 0.6 is 11.6 Å². The Morgan fingerprint density at radius 2 is 1.59 bits per heavy atom. The molecule has 0 saturated carbocycles. The molecule has 2 heterocycles. The van der Waals surface area contributed by atoms with Crippen molar-refractivity contribution in [3.05, 3.63) is 101 Å². The molecule has 2 aliphatic heterocycles. The van der Waals surface area contributed by atoms with Gasteiger partial charge in [0.25, 0.3) is 0 Å². The van der Waals surface area contributed by atoms with Crippen molar-refractivity contribution in [3.8, 4) is 0 Å². The number of nitrogens with zero attached hydrogens (tertiary/aromatic N) is 2. The molecule has 2 saturated heterocycles. The molecular weight excluding hydrogens is 598 g/mol. The summed E-state index contributed by atoms with van der Waals surface area (Å²) in [5.74, 6) is -0.384. The van der Waals surface area contributed by atoms with Crippen molar-refractivity contribution in [2.24, 2.45) is 0 Å². The topological polar surface area (TPSA) is 96.0 Å². The third-order valence-corrected chi connectivity index (χ3v) is 10.5. The maximum atomic E-state index is 14.0. The Hall–Kier alpha value is -3.24. The van der Waals surface area contributed by atoms with E-state index in [1.165, 1.54) is 4.31 Å². The lowest BCUT2D eigenvalue weighted by Crippen LogP contribution is -2.51. The highest BCUT2D eigenvalue weighted by Crippen LogP contribution is 2.23. The molecular formula is C34H40ClN3O5S. The summed E-state index contributed by atoms with van der Waals surface area (Å²) in [4.78, 5) is 29.7. The first kappa shape index (κ1) is 32.2. The fraction of sp³-hybridized carbons (Fsp3) is 0.412. The van der Waals surface area contributed by atoms with Gasteiger partial charge in [0.05, 0.1) is 11.0 Å². The zero-order valence-corrected chi connectivity index (χ0v) is 26.4. The van der Waals surface area contributed by atoms with Gasteiger partial charge in [0, 0.05) is 50.7 Å². The van der Waals surface area contributed by atoms with Crippen molar-refractivity contribution in [3.63, 3.8) is 0 Å². The number of hydrogen-bond donors (Lipinski definition) is 1. The number of carbonyl (C=O) groups excluding carboxylic acids is 2. The van der Waals surface area contributed by atoms with Crippen LogP contribution < -0.4 is 5.32 Å². The minimum Gasteiger partial charge on any atom is -0.376 e. The number of sulfonamides is 1. The van der Waals surface area contributed by atoms with Crippen molar-refractivity contribution in [1.82, 2.24) is 14.5 Å². The highest BCUT2D eigenvalue weighted by Gasteiger charge is 2.31. The van der Waals surface area contributed by atoms with Gasteiger partial charge in [-0.3, -0.25) is 9.59 Å². The summed E-state index contributed by atoms with van der Waals surface area (Å²) in [6, 6.07) is 23.0. The summed E-state index contributed by atoms with van der Waals surface area (Å²) >= 11 is 6.13. The highest BCUT2D eigenvalue weighted by molar-refractivity contribution is 7.89. The van der Waals surface area contributed by atoms with E-state index >= 15 is 0 Å². The van der Waals surface area contributed by atoms with Gasteiger partial charge < -0.3 is 15.0 Å². The minimum atomic E-state index is -3.50. The molecule has 0 bridgehead atoms. The van der Waals surface area contributed by atoms with Gasteiger partial charge in [-0.15, -0.1) is 0 Å². The van der Waals surface area contributed by atoms with E-state index in [0.29, 0.717) is 44.1 Å². The van der Waals surface area contributed by atoms with Crippen molar-refractivity contribution in [2.75, 3.05) is 26.2 Å². The number of halogens is 1. The van der Waals surface area contributed by atoms with Crippen molar-refractivity contribution >= 4 is 33.4 Å². The zero-order valence-electron chi connectivity index (χ0n) is 24.9. The SMILES string of the molecule is O=C(NC[C@@H]1CCCO1)[C@H](Cc1ccccc1)N(Cc1ccc(Cl)cc1)C(=O)CCc1ccc(S(=O)(=O)N2CCCC2)cc1. The Balaban J connectivity index is 1.34. The van der Waals surface area contributed by atoms with E-state index in [2.05, 4.69) is 5.32 Å². The van der Waals surface area contributed by atoms with Crippen LogP contribution in [0.5, 0.6) is 0 Å². The first-order valence-corrected chi connectivity index (χ1v) is 17.2. The quantitative estimate of drug-likeness (QED) is 0.285. The van der Waals surface area contributed by atoms with Gasteiger partial charge in [-0.1, -0.05) is 66.2 Å². The molecule has 234 valence electrons. The monoisotopic (exact) mass is 637 g/mol. The zero-order chi connectivity index (χ0) is 30.9. The van der Waals surface area contributed by atoms with Crippen LogP contribution in [0.3, 0.4) is 0 Å². The summed E-state index contributed by atoms with van der Waals surface area (Å²) in [6.45, 7) is 2.44. The smallest absolute Gasteiger partial charge is 0.243 e. The molecule has 0 aliphatic carbocycles. The maximum absolute atomic E-state index is 14.0. The molecule has 3 aromatic rings. The number of aryl methyl sites for hydroxylation is 1. The average Bonchev–Trinajstić information content (AvgIpc) is 3.78. The largest absolute Gasteiger partial charge is 0.376 e. The van der Waals surface area contributed by atoms with Crippen LogP contribution in [0.4, 0.5) is 0 Å². The van der Waals surface area contributed by atoms with Gasteiger partial charge in [0.1, 0.15) is 6.04 Å². The third-order valence-electron chi connectivity index (χ3n) is 8.32. The second kappa shape index (κ2) is 15.2. The Morgan fingerprint density at radius 3 is 2.25 bits per heavy atom. The molecule has 0 radical (unpaired) electrons. The van der Waals surface area contributed by atoms with E-state index in [1.807, 2.05) is 42.5 Å². The fourth-order valence-electron chi connectivity index (χ4n) is 5.78. The number of amides is 2. The minimum absolute atomic E-state index is 0.0194. The van der Waals surface area contributed by atoms with Gasteiger partial charge in [0.15, 0.2) is 0 Å². The average molecular weight is 638 g/mol. The molecule has 0 unspecified atom stereocenters. The molecule has 44 heavy (non-hydrogen) atoms. The van der Waals surface area contributed by atoms with Gasteiger partial charge >= 0.3 is 0 Å². The number of benzene rings is 3. The van der Waals surface area contributed by atoms with Gasteiger partial charge in [-0.25, -0.2) is 8.42 Å². The molecule has 0 spiro atoms. The molecule has 5 rings (SSSR count). The Labute approximate surface area is 265 Å². The highest BCUT2D eigenvalue weighted by atomic mass is 35.5. The number of hydrogen-bond acceptors (Lipinski definition) is 5. The first-order valence-electron chi connectivity index (χ1n) is 15.4. The number of carbonyl (C=O) groups is 2. The van der Waals surface area contributed by atoms with Crippen molar-refractivity contribution in [2.45, 2.75) is 68.5 Å². The van der Waals surface area contributed by atoms with Crippen LogP contribution in [0.15, 0.2) is 83.8 Å². The Morgan fingerprint density at radius 1 is 0.909 bits per heavy atom. The standard InChI is InChI=1S/C34H40ClN3O5S/c35-29-15-10-28(11-16-29)25-38(32(23-27-7-2-1-3-8-27)34(40)36-24-30-9-6-22-43-30)33(39)19-14-26-12-17-31(18-13-26)44(41,42)37-20-4-5-21-37/h1-3,7-8,10-13,15-18,30,32H,4-6,9,14,19-25H2,(H,36,40)/t30-,32-/m0/s1. The van der Waals surface area contributed by atoms with Crippen LogP contribution in [0, 0.1) is 0 Å². The van der Waals surface area contributed by atoms with Crippen molar-refractivity contribution in [1.29, 1.82) is 0 Å². The summed E-state index contributed by atoms with van der Waals surface area (Å²) < 4.78 is 33.1. The van der Waals surface area contributed by atoms with E-state index in [1.54, 1.807) is 41.3 Å². The number of rotatable bonds is 13. The lowest BCUT2D eigenvalue weighted by Gasteiger charge is -2.32. The Kier molecular flexibility index (Phi) is 11.1. The molecule has 3 aromatic carbocycles. The normalized spacial score (nSPS) is 17.8. The molecule has 1 N–H and O–H groups in total. The van der Waals surface area contributed by atoms with Gasteiger partial charge in [-0.05, 0) is 73.1 Å². The molecule has 0 aromatic heterocycles. The van der Waals surface area contributed by atoms with E-state index in [9.17, 15) is 18.0 Å². The van der Waals surface area contributed by atoms with Crippen LogP contribution in [0.2, 0.25) is 5.02 Å². The summed E-state index contributed by atoms with van der Waals surface area (Å²) in [7, 11) is -3.50. The summed E-state index contributed by atoms with van der Waals surface area (Å²) in [5, 5.41) is 3.65. The van der Waals surface area contributed by atoms with E-state index in [0.717, 1.165) is 42.4 Å². The predicted molar refractivity (Wildman–Crippen MR) is 171 cm³/mol. The van der Waals surface area contributed by atoms with E-state index in [4.69, 9.17) is 16.3 Å². The van der Waals surface area contributed by atoms with Crippen LogP contribution in [0.25, 0.3) is 0 Å². The molecule has 10 heteroatoms. The lowest BCUT2D eigenvalue weighted by atomic mass is 10.0. The third kappa shape index (κ3) is 8.47. The van der Waals surface area contributed by atoms with Crippen LogP contribution in [-0.4, -0.2) is 67.8 Å². The fourth-order valence-corrected chi connectivity index (χ4v) is 7.42. The van der Waals surface area contributed by atoms with E-state index in [-0.39, 0.29) is 35.8 Å². The van der Waals surface area contributed by atoms with Gasteiger partial charge in [-0.2, -0.15) is 4.31 Å². The molecule has 2 amide bonds. The summed E-state index contributed by atoms with van der Waals surface area (Å²) in [6.07, 6.45) is 4.55. The second-order valence-corrected chi connectivity index (χ2v) is 13.9. The number of nitrogens with one attached hydrogen (secondary N) is 1. The molecule has 2 aliphatic rings. The molecule has 2 fully saturated rings. The van der Waals surface area contributed by atoms with Crippen molar-refractivity contribution < 1.29 is 22.7 Å². The van der Waals surface area contributed by atoms with Crippen LogP contribution in [0.1, 0.15) is 48.8 Å². The molecule has 8 nitrogen and oxygen atoms in total. The second-order valence-electron chi connectivity index (χ2n) is 11.5. The number of ether oxygens (including phenoxy) is 1. The van der Waals surface area contributed by atoms with Gasteiger partial charge in [0.2, 0.25) is 21.8 Å². The maximum Gasteiger partial charge on any atom is 0.243 e. The first-order chi connectivity index (χ1) is 21.3. The van der Waals surface area contributed by atoms with E-state index < -0.39 is 16.1 Å². The lowest BCUT2D eigenvalue weighted by molar-refractivity contribution is -0.141. The predicted octanol–water partition coefficient (Wildman–Crippen LogP) is 4.99. The Bertz CT molecular complexity index is 1490.